The van der Waals surface area contributed by atoms with Crippen LogP contribution >= 0.6 is 11.8 Å². The first-order valence-corrected chi connectivity index (χ1v) is 13.2. The Balaban J connectivity index is 1.03. The number of thioether (sulfide) groups is 1. The van der Waals surface area contributed by atoms with Gasteiger partial charge >= 0.3 is 0 Å². The highest BCUT2D eigenvalue weighted by molar-refractivity contribution is 7.99. The van der Waals surface area contributed by atoms with Gasteiger partial charge in [0.1, 0.15) is 24.0 Å². The molecule has 1 N–H and O–H groups in total. The molecular weight excluding hydrogens is 462 g/mol. The molecule has 1 saturated heterocycles. The number of hydrogen-bond donors (Lipinski definition) is 1. The lowest BCUT2D eigenvalue weighted by atomic mass is 9.88. The molecule has 35 heavy (non-hydrogen) atoms. The zero-order chi connectivity index (χ0) is 23.8. The number of aliphatic hydroxyl groups excluding tert-OH is 1. The SMILES string of the molecule is Cc1nnc(-c2cc3c(OC[C@@H](O)CN4CCC(c5ccc6c(c5)SCC6)CC4)cccc3o2)o1. The average Bonchev–Trinajstić information content (AvgIpc) is 3.62. The van der Waals surface area contributed by atoms with Crippen molar-refractivity contribution < 1.29 is 18.7 Å². The third-order valence-electron chi connectivity index (χ3n) is 6.94. The number of aromatic nitrogens is 2. The lowest BCUT2D eigenvalue weighted by molar-refractivity contribution is 0.0599. The van der Waals surface area contributed by atoms with Crippen LogP contribution in [0.4, 0.5) is 0 Å². The Labute approximate surface area is 208 Å². The number of ether oxygens (including phenoxy) is 1. The van der Waals surface area contributed by atoms with E-state index in [1.807, 2.05) is 36.0 Å². The van der Waals surface area contributed by atoms with E-state index < -0.39 is 6.10 Å². The van der Waals surface area contributed by atoms with E-state index in [9.17, 15) is 5.11 Å². The summed E-state index contributed by atoms with van der Waals surface area (Å²) in [5.74, 6) is 3.82. The number of furan rings is 1. The van der Waals surface area contributed by atoms with Crippen LogP contribution in [0.25, 0.3) is 22.6 Å². The Morgan fingerprint density at radius 1 is 1.14 bits per heavy atom. The Bertz CT molecular complexity index is 1330. The molecule has 4 aromatic rings. The zero-order valence-corrected chi connectivity index (χ0v) is 20.6. The van der Waals surface area contributed by atoms with Crippen LogP contribution in [0.2, 0.25) is 0 Å². The monoisotopic (exact) mass is 491 g/mol. The molecule has 1 atom stereocenters. The number of β-amino-alcohol motifs (C(OH)–C–C–N with tert-alkyl or cyclic N) is 1. The van der Waals surface area contributed by atoms with Gasteiger partial charge in [-0.1, -0.05) is 18.2 Å². The highest BCUT2D eigenvalue weighted by Crippen LogP contribution is 2.36. The molecule has 0 aliphatic carbocycles. The Hall–Kier alpha value is -2.81. The summed E-state index contributed by atoms with van der Waals surface area (Å²) < 4.78 is 17.3. The Morgan fingerprint density at radius 3 is 2.86 bits per heavy atom. The van der Waals surface area contributed by atoms with Crippen molar-refractivity contribution in [1.82, 2.24) is 15.1 Å². The first-order valence-electron chi connectivity index (χ1n) is 12.2. The molecule has 0 spiro atoms. The van der Waals surface area contributed by atoms with Crippen LogP contribution in [0.5, 0.6) is 5.75 Å². The fraction of sp³-hybridized carbons (Fsp3) is 0.407. The maximum atomic E-state index is 10.7. The number of aryl methyl sites for hydroxylation is 2. The summed E-state index contributed by atoms with van der Waals surface area (Å²) in [6.07, 6.45) is 2.89. The van der Waals surface area contributed by atoms with Gasteiger partial charge in [-0.15, -0.1) is 22.0 Å². The van der Waals surface area contributed by atoms with E-state index in [1.54, 1.807) is 6.92 Å². The van der Waals surface area contributed by atoms with E-state index >= 15 is 0 Å². The van der Waals surface area contributed by atoms with E-state index in [1.165, 1.54) is 28.2 Å². The minimum Gasteiger partial charge on any atom is -0.490 e. The second kappa shape index (κ2) is 9.68. The molecule has 0 saturated carbocycles. The van der Waals surface area contributed by atoms with Gasteiger partial charge in [0.2, 0.25) is 5.89 Å². The molecule has 0 unspecified atom stereocenters. The fourth-order valence-corrected chi connectivity index (χ4v) is 6.20. The van der Waals surface area contributed by atoms with Gasteiger partial charge in [0.25, 0.3) is 5.89 Å². The Morgan fingerprint density at radius 2 is 2.03 bits per heavy atom. The minimum atomic E-state index is -0.567. The van der Waals surface area contributed by atoms with Gasteiger partial charge in [-0.05, 0) is 67.6 Å². The van der Waals surface area contributed by atoms with E-state index in [4.69, 9.17) is 13.6 Å². The highest BCUT2D eigenvalue weighted by Gasteiger charge is 2.24. The van der Waals surface area contributed by atoms with Crippen LogP contribution in [0.15, 0.2) is 56.2 Å². The number of fused-ring (bicyclic) bond motifs is 2. The number of likely N-dealkylation sites (tertiary alicyclic amines) is 1. The second-order valence-electron chi connectivity index (χ2n) is 9.41. The highest BCUT2D eigenvalue weighted by atomic mass is 32.2. The summed E-state index contributed by atoms with van der Waals surface area (Å²) in [5, 5.41) is 19.4. The average molecular weight is 492 g/mol. The molecule has 182 valence electrons. The van der Waals surface area contributed by atoms with Crippen LogP contribution in [-0.4, -0.2) is 58.3 Å². The first kappa shape index (κ1) is 22.6. The molecule has 2 aliphatic heterocycles. The van der Waals surface area contributed by atoms with Crippen LogP contribution in [0, 0.1) is 6.92 Å². The number of hydrogen-bond acceptors (Lipinski definition) is 8. The van der Waals surface area contributed by atoms with Crippen molar-refractivity contribution >= 4 is 22.7 Å². The molecule has 4 heterocycles. The minimum absolute atomic E-state index is 0.223. The van der Waals surface area contributed by atoms with Gasteiger partial charge in [0.15, 0.2) is 5.76 Å². The predicted molar refractivity (Wildman–Crippen MR) is 135 cm³/mol. The summed E-state index contributed by atoms with van der Waals surface area (Å²) in [6.45, 7) is 4.57. The third-order valence-corrected chi connectivity index (χ3v) is 8.04. The second-order valence-corrected chi connectivity index (χ2v) is 10.5. The van der Waals surface area contributed by atoms with Gasteiger partial charge in [0, 0.05) is 30.2 Å². The lowest BCUT2D eigenvalue weighted by Crippen LogP contribution is -2.40. The first-order chi connectivity index (χ1) is 17.1. The number of piperidine rings is 1. The molecular formula is C27H29N3O4S. The van der Waals surface area contributed by atoms with Gasteiger partial charge < -0.3 is 23.6 Å². The summed E-state index contributed by atoms with van der Waals surface area (Å²) in [6, 6.07) is 14.5. The van der Waals surface area contributed by atoms with E-state index in [0.717, 1.165) is 31.3 Å². The maximum absolute atomic E-state index is 10.7. The maximum Gasteiger partial charge on any atom is 0.283 e. The zero-order valence-electron chi connectivity index (χ0n) is 19.8. The van der Waals surface area contributed by atoms with E-state index in [-0.39, 0.29) is 6.61 Å². The van der Waals surface area contributed by atoms with Crippen LogP contribution in [0.1, 0.15) is 35.8 Å². The molecule has 0 radical (unpaired) electrons. The Kier molecular flexibility index (Phi) is 6.26. The van der Waals surface area contributed by atoms with Crippen molar-refractivity contribution in [3.8, 4) is 17.4 Å². The largest absolute Gasteiger partial charge is 0.490 e. The number of nitrogens with zero attached hydrogens (tertiary/aromatic N) is 3. The van der Waals surface area contributed by atoms with E-state index in [2.05, 4.69) is 33.3 Å². The van der Waals surface area contributed by atoms with Crippen LogP contribution in [-0.2, 0) is 6.42 Å². The smallest absolute Gasteiger partial charge is 0.283 e. The van der Waals surface area contributed by atoms with Crippen molar-refractivity contribution in [3.05, 3.63) is 59.5 Å². The predicted octanol–water partition coefficient (Wildman–Crippen LogP) is 5.06. The van der Waals surface area contributed by atoms with Gasteiger partial charge in [-0.25, -0.2) is 0 Å². The van der Waals surface area contributed by atoms with Crippen molar-refractivity contribution in [2.24, 2.45) is 0 Å². The summed E-state index contributed by atoms with van der Waals surface area (Å²) >= 11 is 1.99. The number of rotatable bonds is 7. The summed E-state index contributed by atoms with van der Waals surface area (Å²) in [5.41, 5.74) is 3.66. The molecule has 8 heteroatoms. The molecule has 0 bridgehead atoms. The normalized spacial score (nSPS) is 17.7. The van der Waals surface area contributed by atoms with Crippen molar-refractivity contribution in [1.29, 1.82) is 0 Å². The fourth-order valence-electron chi connectivity index (χ4n) is 5.08. The quantitative estimate of drug-likeness (QED) is 0.384. The lowest BCUT2D eigenvalue weighted by Gasteiger charge is -2.33. The molecule has 2 aromatic carbocycles. The molecule has 2 aromatic heterocycles. The van der Waals surface area contributed by atoms with Crippen LogP contribution < -0.4 is 4.74 Å². The number of benzene rings is 2. The standard InChI is InChI=1S/C27H29N3O4S/c1-17-28-29-27(33-17)25-14-22-23(3-2-4-24(22)34-25)32-16-21(31)15-30-10-7-18(8-11-30)20-6-5-19-9-12-35-26(19)13-20/h2-6,13-14,18,21,31H,7-12,15-16H2,1H3/t21-/m0/s1. The van der Waals surface area contributed by atoms with Gasteiger partial charge in [-0.2, -0.15) is 0 Å². The molecule has 6 rings (SSSR count). The molecule has 0 amide bonds. The van der Waals surface area contributed by atoms with Gasteiger partial charge in [-0.3, -0.25) is 0 Å². The van der Waals surface area contributed by atoms with Crippen molar-refractivity contribution in [2.75, 3.05) is 32.0 Å². The van der Waals surface area contributed by atoms with Gasteiger partial charge in [0.05, 0.1) is 5.39 Å². The molecule has 1 fully saturated rings. The van der Waals surface area contributed by atoms with Crippen LogP contribution in [0.3, 0.4) is 0 Å². The topological polar surface area (TPSA) is 84.8 Å². The van der Waals surface area contributed by atoms with Crippen molar-refractivity contribution in [3.63, 3.8) is 0 Å². The summed E-state index contributed by atoms with van der Waals surface area (Å²) in [4.78, 5) is 3.82. The molecule has 7 nitrogen and oxygen atoms in total. The van der Waals surface area contributed by atoms with E-state index in [0.29, 0.717) is 41.3 Å². The molecule has 2 aliphatic rings. The number of aliphatic hydroxyl groups is 1. The summed E-state index contributed by atoms with van der Waals surface area (Å²) in [7, 11) is 0. The third kappa shape index (κ3) is 4.83. The van der Waals surface area contributed by atoms with Crippen molar-refractivity contribution in [2.45, 2.75) is 43.1 Å².